The number of aliphatic hydroxyl groups is 1. The van der Waals surface area contributed by atoms with Gasteiger partial charge in [0.25, 0.3) is 0 Å². The molecule has 2 aromatic rings. The van der Waals surface area contributed by atoms with Crippen LogP contribution in [0, 0.1) is 0 Å². The fourth-order valence-electron chi connectivity index (χ4n) is 2.49. The second kappa shape index (κ2) is 5.49. The fraction of sp³-hybridized carbons (Fsp3) is 0.357. The van der Waals surface area contributed by atoms with Crippen molar-refractivity contribution in [3.05, 3.63) is 45.9 Å². The molecule has 100 valence electrons. The van der Waals surface area contributed by atoms with Gasteiger partial charge in [0.05, 0.1) is 11.5 Å². The smallest absolute Gasteiger partial charge is 0.187 e. The summed E-state index contributed by atoms with van der Waals surface area (Å²) in [6, 6.07) is 10.6. The van der Waals surface area contributed by atoms with Crippen LogP contribution >= 0.6 is 22.9 Å². The van der Waals surface area contributed by atoms with Crippen molar-refractivity contribution in [3.63, 3.8) is 0 Å². The summed E-state index contributed by atoms with van der Waals surface area (Å²) in [5.74, 6) is 0.557. The molecular weight excluding hydrogens is 280 g/mol. The Labute approximate surface area is 121 Å². The summed E-state index contributed by atoms with van der Waals surface area (Å²) in [5, 5.41) is 10.5. The molecule has 19 heavy (non-hydrogen) atoms. The third-order valence-electron chi connectivity index (χ3n) is 3.51. The largest absolute Gasteiger partial charge is 0.391 e. The number of hydrogen-bond donors (Lipinski definition) is 1. The molecule has 3 nitrogen and oxygen atoms in total. The second-order valence-corrected chi connectivity index (χ2v) is 6.13. The summed E-state index contributed by atoms with van der Waals surface area (Å²) in [7, 11) is 0. The van der Waals surface area contributed by atoms with Gasteiger partial charge in [0.15, 0.2) is 5.13 Å². The molecule has 1 fully saturated rings. The summed E-state index contributed by atoms with van der Waals surface area (Å²) in [6.45, 7) is 1.93. The Morgan fingerprint density at radius 2 is 2.16 bits per heavy atom. The summed E-state index contributed by atoms with van der Waals surface area (Å²) in [6.07, 6.45) is 1.13. The van der Waals surface area contributed by atoms with Crippen molar-refractivity contribution in [2.75, 3.05) is 18.0 Å². The van der Waals surface area contributed by atoms with Crippen LogP contribution < -0.4 is 4.90 Å². The molecule has 1 aromatic heterocycles. The predicted octanol–water partition coefficient (Wildman–Crippen LogP) is 3.28. The van der Waals surface area contributed by atoms with Crippen molar-refractivity contribution >= 4 is 28.1 Å². The second-order valence-electron chi connectivity index (χ2n) is 4.71. The molecular formula is C14H15ClN2OS. The molecule has 1 aliphatic heterocycles. The van der Waals surface area contributed by atoms with Crippen molar-refractivity contribution in [2.24, 2.45) is 0 Å². The summed E-state index contributed by atoms with van der Waals surface area (Å²) < 4.78 is 0. The van der Waals surface area contributed by atoms with E-state index in [9.17, 15) is 5.11 Å². The first-order chi connectivity index (χ1) is 9.28. The molecule has 2 heterocycles. The Bertz CT molecular complexity index is 558. The van der Waals surface area contributed by atoms with Gasteiger partial charge in [0.1, 0.15) is 5.15 Å². The van der Waals surface area contributed by atoms with Gasteiger partial charge in [-0.2, -0.15) is 0 Å². The molecule has 0 amide bonds. The highest BCUT2D eigenvalue weighted by molar-refractivity contribution is 7.16. The number of rotatable bonds is 3. The molecule has 1 N–H and O–H groups in total. The normalized spacial score (nSPS) is 19.1. The Hall–Kier alpha value is -1.10. The highest BCUT2D eigenvalue weighted by Crippen LogP contribution is 2.35. The summed E-state index contributed by atoms with van der Waals surface area (Å²) in [5.41, 5.74) is 1.38. The first kappa shape index (κ1) is 12.9. The van der Waals surface area contributed by atoms with E-state index < -0.39 is 0 Å². The lowest BCUT2D eigenvalue weighted by atomic mass is 9.99. The van der Waals surface area contributed by atoms with Gasteiger partial charge in [0.2, 0.25) is 0 Å². The molecule has 3 rings (SSSR count). The van der Waals surface area contributed by atoms with Crippen LogP contribution in [-0.4, -0.2) is 23.2 Å². The number of halogens is 1. The first-order valence-electron chi connectivity index (χ1n) is 6.34. The highest BCUT2D eigenvalue weighted by atomic mass is 35.5. The Kier molecular flexibility index (Phi) is 3.73. The average Bonchev–Trinajstić information content (AvgIpc) is 3.06. The number of aromatic nitrogens is 1. The van der Waals surface area contributed by atoms with Gasteiger partial charge >= 0.3 is 0 Å². The molecule has 0 saturated carbocycles. The summed E-state index contributed by atoms with van der Waals surface area (Å²) in [4.78, 5) is 7.35. The lowest BCUT2D eigenvalue weighted by Gasteiger charge is -2.14. The third-order valence-corrected chi connectivity index (χ3v) is 5.04. The molecule has 0 bridgehead atoms. The van der Waals surface area contributed by atoms with Crippen LogP contribution in [0.4, 0.5) is 5.13 Å². The molecule has 1 saturated heterocycles. The predicted molar refractivity (Wildman–Crippen MR) is 79.1 cm³/mol. The molecule has 1 aromatic carbocycles. The summed E-state index contributed by atoms with van der Waals surface area (Å²) >= 11 is 7.48. The topological polar surface area (TPSA) is 36.4 Å². The van der Waals surface area contributed by atoms with Gasteiger partial charge in [0, 0.05) is 19.0 Å². The van der Waals surface area contributed by atoms with Gasteiger partial charge < -0.3 is 10.0 Å². The van der Waals surface area contributed by atoms with Crippen LogP contribution in [0.25, 0.3) is 0 Å². The number of hydrogen-bond acceptors (Lipinski definition) is 4. The van der Waals surface area contributed by atoms with Gasteiger partial charge in [-0.1, -0.05) is 53.3 Å². The van der Waals surface area contributed by atoms with E-state index in [1.54, 1.807) is 0 Å². The Morgan fingerprint density at radius 1 is 1.37 bits per heavy atom. The number of anilines is 1. The lowest BCUT2D eigenvalue weighted by molar-refractivity contribution is 0.285. The molecule has 1 atom stereocenters. The average molecular weight is 295 g/mol. The number of benzene rings is 1. The van der Waals surface area contributed by atoms with Crippen molar-refractivity contribution in [2.45, 2.75) is 18.9 Å². The van der Waals surface area contributed by atoms with Gasteiger partial charge in [-0.15, -0.1) is 0 Å². The standard InChI is InChI=1S/C14H15ClN2OS/c15-13-12(9-18)19-14(16-13)17-7-6-11(8-17)10-4-2-1-3-5-10/h1-5,11,18H,6-9H2. The maximum Gasteiger partial charge on any atom is 0.187 e. The van der Waals surface area contributed by atoms with Gasteiger partial charge in [-0.25, -0.2) is 4.98 Å². The molecule has 1 unspecified atom stereocenters. The highest BCUT2D eigenvalue weighted by Gasteiger charge is 2.26. The van der Waals surface area contributed by atoms with Crippen LogP contribution in [0.5, 0.6) is 0 Å². The van der Waals surface area contributed by atoms with Crippen LogP contribution in [0.2, 0.25) is 5.15 Å². The van der Waals surface area contributed by atoms with E-state index in [0.29, 0.717) is 11.1 Å². The molecule has 0 radical (unpaired) electrons. The van der Waals surface area contributed by atoms with E-state index in [2.05, 4.69) is 34.1 Å². The number of thiazole rings is 1. The van der Waals surface area contributed by atoms with E-state index in [-0.39, 0.29) is 6.61 Å². The third kappa shape index (κ3) is 2.61. The van der Waals surface area contributed by atoms with Gasteiger partial charge in [-0.05, 0) is 12.0 Å². The fourth-order valence-corrected chi connectivity index (χ4v) is 3.64. The number of aliphatic hydroxyl groups excluding tert-OH is 1. The first-order valence-corrected chi connectivity index (χ1v) is 7.53. The Morgan fingerprint density at radius 3 is 2.84 bits per heavy atom. The van der Waals surface area contributed by atoms with E-state index in [1.165, 1.54) is 16.9 Å². The molecule has 0 spiro atoms. The zero-order valence-electron chi connectivity index (χ0n) is 10.4. The van der Waals surface area contributed by atoms with Crippen LogP contribution in [0.3, 0.4) is 0 Å². The Balaban J connectivity index is 1.75. The van der Waals surface area contributed by atoms with E-state index >= 15 is 0 Å². The van der Waals surface area contributed by atoms with Gasteiger partial charge in [-0.3, -0.25) is 0 Å². The lowest BCUT2D eigenvalue weighted by Crippen LogP contribution is -2.18. The van der Waals surface area contributed by atoms with Crippen molar-refractivity contribution in [1.29, 1.82) is 0 Å². The maximum absolute atomic E-state index is 9.17. The van der Waals surface area contributed by atoms with Crippen molar-refractivity contribution < 1.29 is 5.11 Å². The quantitative estimate of drug-likeness (QED) is 0.944. The zero-order valence-corrected chi connectivity index (χ0v) is 12.0. The molecule has 1 aliphatic rings. The van der Waals surface area contributed by atoms with E-state index in [4.69, 9.17) is 11.6 Å². The van der Waals surface area contributed by atoms with Crippen LogP contribution in [-0.2, 0) is 6.61 Å². The minimum atomic E-state index is -0.0353. The minimum absolute atomic E-state index is 0.0353. The maximum atomic E-state index is 9.17. The van der Waals surface area contributed by atoms with Crippen molar-refractivity contribution in [1.82, 2.24) is 4.98 Å². The van der Waals surface area contributed by atoms with E-state index in [0.717, 1.165) is 29.5 Å². The van der Waals surface area contributed by atoms with E-state index in [1.807, 2.05) is 6.07 Å². The zero-order chi connectivity index (χ0) is 13.2. The monoisotopic (exact) mass is 294 g/mol. The van der Waals surface area contributed by atoms with Crippen LogP contribution in [0.15, 0.2) is 30.3 Å². The van der Waals surface area contributed by atoms with Crippen molar-refractivity contribution in [3.8, 4) is 0 Å². The number of nitrogens with zero attached hydrogens (tertiary/aromatic N) is 2. The molecule has 0 aliphatic carbocycles. The van der Waals surface area contributed by atoms with Crippen LogP contribution in [0.1, 0.15) is 22.8 Å². The SMILES string of the molecule is OCc1sc(N2CCC(c3ccccc3)C2)nc1Cl. The minimum Gasteiger partial charge on any atom is -0.391 e. The molecule has 5 heteroatoms.